The summed E-state index contributed by atoms with van der Waals surface area (Å²) >= 11 is 0. The Balaban J connectivity index is 1.63. The molecule has 0 N–H and O–H groups in total. The van der Waals surface area contributed by atoms with Crippen LogP contribution < -0.4 is 0 Å². The average molecular weight is 291 g/mol. The van der Waals surface area contributed by atoms with E-state index >= 15 is 0 Å². The number of benzene rings is 1. The molecular weight excluding hydrogens is 276 g/mol. The van der Waals surface area contributed by atoms with E-state index in [0.717, 1.165) is 11.1 Å². The lowest BCUT2D eigenvalue weighted by molar-refractivity contribution is -0.0566. The zero-order valence-corrected chi connectivity index (χ0v) is 11.4. The molecule has 1 aliphatic heterocycles. The number of hydrogen-bond acceptors (Lipinski definition) is 5. The van der Waals surface area contributed by atoms with Crippen molar-refractivity contribution in [3.8, 4) is 11.4 Å². The van der Waals surface area contributed by atoms with Crippen LogP contribution in [-0.4, -0.2) is 44.3 Å². The van der Waals surface area contributed by atoms with Gasteiger partial charge >= 0.3 is 0 Å². The van der Waals surface area contributed by atoms with Crippen LogP contribution >= 0.6 is 0 Å². The van der Waals surface area contributed by atoms with Crippen molar-refractivity contribution in [2.45, 2.75) is 25.3 Å². The summed E-state index contributed by atoms with van der Waals surface area (Å²) in [6.45, 7) is 1.55. The molecule has 1 fully saturated rings. The van der Waals surface area contributed by atoms with Crippen LogP contribution in [0, 0.1) is 0 Å². The van der Waals surface area contributed by atoms with Crippen molar-refractivity contribution >= 4 is 0 Å². The zero-order valence-electron chi connectivity index (χ0n) is 11.4. The van der Waals surface area contributed by atoms with Gasteiger partial charge in [0.2, 0.25) is 5.82 Å². The highest BCUT2D eigenvalue weighted by Crippen LogP contribution is 2.28. The van der Waals surface area contributed by atoms with Gasteiger partial charge in [-0.3, -0.25) is 4.90 Å². The lowest BCUT2D eigenvalue weighted by Crippen LogP contribution is -2.38. The molecule has 110 valence electrons. The van der Waals surface area contributed by atoms with E-state index in [4.69, 9.17) is 0 Å². The van der Waals surface area contributed by atoms with Crippen LogP contribution in [0.2, 0.25) is 0 Å². The molecule has 1 aromatic carbocycles. The second-order valence-corrected chi connectivity index (χ2v) is 5.20. The van der Waals surface area contributed by atoms with E-state index < -0.39 is 5.92 Å². The minimum atomic E-state index is -2.50. The van der Waals surface area contributed by atoms with Gasteiger partial charge in [-0.05, 0) is 5.56 Å². The number of likely N-dealkylation sites (tertiary alicyclic amines) is 1. The summed E-state index contributed by atoms with van der Waals surface area (Å²) in [6, 6.07) is 7.70. The molecule has 0 atom stereocenters. The van der Waals surface area contributed by atoms with Gasteiger partial charge in [0.25, 0.3) is 5.92 Å². The summed E-state index contributed by atoms with van der Waals surface area (Å²) in [4.78, 5) is 2.05. The summed E-state index contributed by atoms with van der Waals surface area (Å²) in [5, 5.41) is 15.2. The van der Waals surface area contributed by atoms with Crippen molar-refractivity contribution in [3.63, 3.8) is 0 Å². The van der Waals surface area contributed by atoms with Crippen molar-refractivity contribution in [1.29, 1.82) is 0 Å². The van der Waals surface area contributed by atoms with Gasteiger partial charge in [0, 0.05) is 38.0 Å². The molecule has 1 aromatic heterocycles. The first-order valence-corrected chi connectivity index (χ1v) is 6.82. The smallest absolute Gasteiger partial charge is 0.250 e. The quantitative estimate of drug-likeness (QED) is 0.867. The van der Waals surface area contributed by atoms with Gasteiger partial charge < -0.3 is 0 Å². The van der Waals surface area contributed by atoms with Crippen molar-refractivity contribution in [3.05, 3.63) is 36.2 Å². The molecule has 2 aromatic rings. The molecule has 3 rings (SSSR count). The minimum absolute atomic E-state index is 0.0553. The second-order valence-electron chi connectivity index (χ2n) is 5.20. The molecular formula is C14H15F2N5. The molecule has 1 aliphatic rings. The Morgan fingerprint density at radius 1 is 1.00 bits per heavy atom. The maximum absolute atomic E-state index is 13.1. The Hall–Kier alpha value is -2.02. The van der Waals surface area contributed by atoms with Crippen LogP contribution in [0.5, 0.6) is 0 Å². The number of piperidine rings is 1. The van der Waals surface area contributed by atoms with Crippen molar-refractivity contribution in [2.75, 3.05) is 13.1 Å². The van der Waals surface area contributed by atoms with Crippen LogP contribution in [0.4, 0.5) is 8.78 Å². The van der Waals surface area contributed by atoms with E-state index in [0.29, 0.717) is 25.5 Å². The number of halogens is 2. The van der Waals surface area contributed by atoms with E-state index in [-0.39, 0.29) is 12.8 Å². The molecule has 0 saturated carbocycles. The van der Waals surface area contributed by atoms with Crippen LogP contribution in [0.1, 0.15) is 18.4 Å². The Morgan fingerprint density at radius 2 is 1.62 bits per heavy atom. The van der Waals surface area contributed by atoms with Crippen LogP contribution in [0.15, 0.2) is 30.6 Å². The Labute approximate surface area is 121 Å². The Morgan fingerprint density at radius 3 is 2.24 bits per heavy atom. The first-order chi connectivity index (χ1) is 10.1. The topological polar surface area (TPSA) is 54.8 Å². The van der Waals surface area contributed by atoms with Crippen molar-refractivity contribution in [1.82, 2.24) is 25.3 Å². The SMILES string of the molecule is FC1(F)CCN(Cc2ccc(-c3nncnn3)cc2)CC1. The summed E-state index contributed by atoms with van der Waals surface area (Å²) in [6.07, 6.45) is 1.17. The van der Waals surface area contributed by atoms with E-state index in [1.807, 2.05) is 24.3 Å². The van der Waals surface area contributed by atoms with Gasteiger partial charge in [-0.25, -0.2) is 8.78 Å². The normalized spacial score (nSPS) is 18.6. The molecule has 0 spiro atoms. The first-order valence-electron chi connectivity index (χ1n) is 6.82. The summed E-state index contributed by atoms with van der Waals surface area (Å²) in [5.41, 5.74) is 1.92. The van der Waals surface area contributed by atoms with Crippen molar-refractivity contribution in [2.24, 2.45) is 0 Å². The largest absolute Gasteiger partial charge is 0.299 e. The highest BCUT2D eigenvalue weighted by Gasteiger charge is 2.33. The molecule has 0 unspecified atom stereocenters. The molecule has 21 heavy (non-hydrogen) atoms. The Bertz CT molecular complexity index is 578. The minimum Gasteiger partial charge on any atom is -0.299 e. The Kier molecular flexibility index (Phi) is 3.83. The van der Waals surface area contributed by atoms with Crippen molar-refractivity contribution < 1.29 is 8.78 Å². The maximum Gasteiger partial charge on any atom is 0.250 e. The monoisotopic (exact) mass is 291 g/mol. The van der Waals surface area contributed by atoms with Gasteiger partial charge in [-0.2, -0.15) is 0 Å². The van der Waals surface area contributed by atoms with Crippen LogP contribution in [-0.2, 0) is 6.54 Å². The second kappa shape index (κ2) is 5.77. The van der Waals surface area contributed by atoms with Crippen LogP contribution in [0.3, 0.4) is 0 Å². The number of hydrogen-bond donors (Lipinski definition) is 0. The molecule has 5 nitrogen and oxygen atoms in total. The summed E-state index contributed by atoms with van der Waals surface area (Å²) in [5.74, 6) is -2.02. The van der Waals surface area contributed by atoms with Gasteiger partial charge in [-0.1, -0.05) is 24.3 Å². The molecule has 2 heterocycles. The number of aromatic nitrogens is 4. The van der Waals surface area contributed by atoms with E-state index in [1.165, 1.54) is 6.33 Å². The van der Waals surface area contributed by atoms with E-state index in [1.54, 1.807) is 0 Å². The molecule has 7 heteroatoms. The molecule has 0 aliphatic carbocycles. The fraction of sp³-hybridized carbons (Fsp3) is 0.429. The predicted molar refractivity (Wildman–Crippen MR) is 72.5 cm³/mol. The number of nitrogens with zero attached hydrogens (tertiary/aromatic N) is 5. The lowest BCUT2D eigenvalue weighted by atomic mass is 10.1. The fourth-order valence-corrected chi connectivity index (χ4v) is 2.38. The third-order valence-corrected chi connectivity index (χ3v) is 3.61. The first kappa shape index (κ1) is 13.9. The number of alkyl halides is 2. The number of rotatable bonds is 3. The average Bonchev–Trinajstić information content (AvgIpc) is 2.51. The van der Waals surface area contributed by atoms with E-state index in [9.17, 15) is 8.78 Å². The zero-order chi connectivity index (χ0) is 14.7. The molecule has 1 saturated heterocycles. The van der Waals surface area contributed by atoms with Gasteiger partial charge in [0.1, 0.15) is 0 Å². The summed E-state index contributed by atoms with van der Waals surface area (Å²) in [7, 11) is 0. The van der Waals surface area contributed by atoms with Crippen LogP contribution in [0.25, 0.3) is 11.4 Å². The highest BCUT2D eigenvalue weighted by atomic mass is 19.3. The van der Waals surface area contributed by atoms with Gasteiger partial charge in [-0.15, -0.1) is 20.4 Å². The van der Waals surface area contributed by atoms with E-state index in [2.05, 4.69) is 25.3 Å². The molecule has 0 bridgehead atoms. The fourth-order valence-electron chi connectivity index (χ4n) is 2.38. The standard InChI is InChI=1S/C14H15F2N5/c15-14(16)5-7-21(8-6-14)9-11-1-3-12(4-2-11)13-19-17-10-18-20-13/h1-4,10H,5-9H2. The van der Waals surface area contributed by atoms with Gasteiger partial charge in [0.15, 0.2) is 6.33 Å². The third kappa shape index (κ3) is 3.55. The molecule has 0 radical (unpaired) electrons. The van der Waals surface area contributed by atoms with Gasteiger partial charge in [0.05, 0.1) is 0 Å². The third-order valence-electron chi connectivity index (χ3n) is 3.61. The summed E-state index contributed by atoms with van der Waals surface area (Å²) < 4.78 is 26.2. The highest BCUT2D eigenvalue weighted by molar-refractivity contribution is 5.53. The predicted octanol–water partition coefficient (Wildman–Crippen LogP) is 2.16. The molecule has 0 amide bonds. The maximum atomic E-state index is 13.1. The lowest BCUT2D eigenvalue weighted by Gasteiger charge is -2.31.